The summed E-state index contributed by atoms with van der Waals surface area (Å²) >= 11 is 2.20. The van der Waals surface area contributed by atoms with Crippen molar-refractivity contribution >= 4 is 28.6 Å². The van der Waals surface area contributed by atoms with Gasteiger partial charge in [-0.05, 0) is 71.7 Å². The highest BCUT2D eigenvalue weighted by atomic mass is 127. The van der Waals surface area contributed by atoms with Crippen LogP contribution >= 0.6 is 22.6 Å². The Morgan fingerprint density at radius 3 is 2.44 bits per heavy atom. The highest BCUT2D eigenvalue weighted by molar-refractivity contribution is 14.1. The van der Waals surface area contributed by atoms with Gasteiger partial charge in [0.05, 0.1) is 30.3 Å². The predicted octanol–water partition coefficient (Wildman–Crippen LogP) is 4.17. The quantitative estimate of drug-likeness (QED) is 0.405. The molecule has 0 aliphatic carbocycles. The maximum atomic E-state index is 12.1. The first kappa shape index (κ1) is 21.5. The van der Waals surface area contributed by atoms with Gasteiger partial charge in [0.1, 0.15) is 17.6 Å². The highest BCUT2D eigenvalue weighted by Gasteiger charge is 2.23. The van der Waals surface area contributed by atoms with Crippen molar-refractivity contribution in [1.82, 2.24) is 0 Å². The van der Waals surface area contributed by atoms with Gasteiger partial charge >= 0.3 is 5.97 Å². The van der Waals surface area contributed by atoms with Gasteiger partial charge in [-0.15, -0.1) is 0 Å². The lowest BCUT2D eigenvalue weighted by molar-refractivity contribution is -0.143. The topological polar surface area (TPSA) is 65.0 Å². The molecule has 0 bridgehead atoms. The average Bonchev–Trinajstić information content (AvgIpc) is 2.68. The van der Waals surface area contributed by atoms with Crippen LogP contribution in [-0.4, -0.2) is 37.5 Å². The molecule has 0 saturated carbocycles. The number of ether oxygens (including phenoxy) is 3. The monoisotopic (exact) mass is 484 g/mol. The fourth-order valence-corrected chi connectivity index (χ4v) is 3.35. The molecule has 0 aromatic heterocycles. The van der Waals surface area contributed by atoms with Gasteiger partial charge < -0.3 is 19.3 Å². The van der Waals surface area contributed by atoms with Crippen LogP contribution in [0.5, 0.6) is 11.5 Å². The van der Waals surface area contributed by atoms with E-state index in [1.165, 1.54) is 0 Å². The number of carbonyl (C=O) groups is 1. The Morgan fingerprint density at radius 2 is 1.85 bits per heavy atom. The zero-order valence-corrected chi connectivity index (χ0v) is 17.7. The Hall–Kier alpha value is -1.80. The minimum atomic E-state index is -0.428. The third-order valence-electron chi connectivity index (χ3n) is 4.19. The minimum Gasteiger partial charge on any atom is -0.497 e. The molecule has 2 aromatic rings. The summed E-state index contributed by atoms with van der Waals surface area (Å²) in [4.78, 5) is 12.1. The second-order valence-corrected chi connectivity index (χ2v) is 7.23. The zero-order chi connectivity index (χ0) is 19.6. The molecule has 0 saturated heterocycles. The van der Waals surface area contributed by atoms with Gasteiger partial charge in [0.25, 0.3) is 0 Å². The lowest BCUT2D eigenvalue weighted by Gasteiger charge is -2.24. The van der Waals surface area contributed by atoms with Crippen LogP contribution in [0.1, 0.15) is 31.2 Å². The van der Waals surface area contributed by atoms with Crippen LogP contribution < -0.4 is 9.47 Å². The number of esters is 1. The Labute approximate surface area is 173 Å². The summed E-state index contributed by atoms with van der Waals surface area (Å²) in [7, 11) is 1.61. The standard InChI is InChI=1S/C21H25IO5/c1-3-26-21(24)13-16(15-8-10-17(25-2)11-9-15)12-18(14-23)27-20-7-5-4-6-19(20)22/h4-11,16,18,23H,3,12-14H2,1-2H3. The molecular formula is C21H25IO5. The summed E-state index contributed by atoms with van der Waals surface area (Å²) in [5.74, 6) is 1.09. The van der Waals surface area contributed by atoms with Crippen LogP contribution in [-0.2, 0) is 9.53 Å². The Morgan fingerprint density at radius 1 is 1.15 bits per heavy atom. The van der Waals surface area contributed by atoms with Crippen LogP contribution in [0.15, 0.2) is 48.5 Å². The first-order valence-corrected chi connectivity index (χ1v) is 9.96. The van der Waals surface area contributed by atoms with Gasteiger partial charge in [-0.25, -0.2) is 0 Å². The van der Waals surface area contributed by atoms with Gasteiger partial charge in [-0.2, -0.15) is 0 Å². The van der Waals surface area contributed by atoms with Crippen molar-refractivity contribution < 1.29 is 24.1 Å². The molecule has 0 amide bonds. The number of aliphatic hydroxyl groups is 1. The van der Waals surface area contributed by atoms with E-state index in [2.05, 4.69) is 22.6 Å². The van der Waals surface area contributed by atoms with Crippen molar-refractivity contribution in [2.75, 3.05) is 20.3 Å². The van der Waals surface area contributed by atoms with Crippen LogP contribution in [0.4, 0.5) is 0 Å². The van der Waals surface area contributed by atoms with Crippen molar-refractivity contribution in [3.63, 3.8) is 0 Å². The predicted molar refractivity (Wildman–Crippen MR) is 112 cm³/mol. The van der Waals surface area contributed by atoms with Crippen LogP contribution in [0, 0.1) is 3.57 Å². The summed E-state index contributed by atoms with van der Waals surface area (Å²) < 4.78 is 17.3. The van der Waals surface area contributed by atoms with E-state index >= 15 is 0 Å². The lowest BCUT2D eigenvalue weighted by Crippen LogP contribution is -2.25. The van der Waals surface area contributed by atoms with E-state index in [-0.39, 0.29) is 24.9 Å². The van der Waals surface area contributed by atoms with Gasteiger partial charge in [-0.3, -0.25) is 4.79 Å². The van der Waals surface area contributed by atoms with E-state index in [0.717, 1.165) is 20.6 Å². The van der Waals surface area contributed by atoms with Gasteiger partial charge in [0, 0.05) is 0 Å². The third-order valence-corrected chi connectivity index (χ3v) is 5.08. The molecule has 2 aromatic carbocycles. The second kappa shape index (κ2) is 11.1. The number of carbonyl (C=O) groups excluding carboxylic acids is 1. The Balaban J connectivity index is 2.17. The molecule has 0 spiro atoms. The first-order valence-electron chi connectivity index (χ1n) is 8.89. The molecule has 0 heterocycles. The van der Waals surface area contributed by atoms with E-state index < -0.39 is 6.10 Å². The summed E-state index contributed by atoms with van der Waals surface area (Å²) in [5.41, 5.74) is 0.980. The Bertz CT molecular complexity index is 717. The molecule has 0 fully saturated rings. The number of para-hydroxylation sites is 1. The zero-order valence-electron chi connectivity index (χ0n) is 15.6. The van der Waals surface area contributed by atoms with E-state index in [9.17, 15) is 9.90 Å². The van der Waals surface area contributed by atoms with Crippen molar-refractivity contribution in [3.8, 4) is 11.5 Å². The van der Waals surface area contributed by atoms with Crippen LogP contribution in [0.3, 0.4) is 0 Å². The van der Waals surface area contributed by atoms with Gasteiger partial charge in [-0.1, -0.05) is 24.3 Å². The van der Waals surface area contributed by atoms with E-state index in [0.29, 0.717) is 13.0 Å². The molecule has 2 atom stereocenters. The molecule has 5 nitrogen and oxygen atoms in total. The van der Waals surface area contributed by atoms with E-state index in [4.69, 9.17) is 14.2 Å². The molecular weight excluding hydrogens is 459 g/mol. The fourth-order valence-electron chi connectivity index (χ4n) is 2.83. The summed E-state index contributed by atoms with van der Waals surface area (Å²) in [6.07, 6.45) is 0.292. The van der Waals surface area contributed by atoms with Crippen molar-refractivity contribution in [2.24, 2.45) is 0 Å². The molecule has 27 heavy (non-hydrogen) atoms. The molecule has 0 aliphatic rings. The SMILES string of the molecule is CCOC(=O)CC(CC(CO)Oc1ccccc1I)c1ccc(OC)cc1. The van der Waals surface area contributed by atoms with Crippen molar-refractivity contribution in [1.29, 1.82) is 0 Å². The number of halogens is 1. The van der Waals surface area contributed by atoms with Crippen molar-refractivity contribution in [2.45, 2.75) is 31.8 Å². The second-order valence-electron chi connectivity index (χ2n) is 6.07. The number of methoxy groups -OCH3 is 1. The molecule has 2 rings (SSSR count). The maximum absolute atomic E-state index is 12.1. The molecule has 2 unspecified atom stereocenters. The fraction of sp³-hybridized carbons (Fsp3) is 0.381. The summed E-state index contributed by atoms with van der Waals surface area (Å²) in [5, 5.41) is 9.83. The largest absolute Gasteiger partial charge is 0.497 e. The van der Waals surface area contributed by atoms with Crippen molar-refractivity contribution in [3.05, 3.63) is 57.7 Å². The maximum Gasteiger partial charge on any atom is 0.306 e. The normalized spacial score (nSPS) is 12.9. The molecule has 6 heteroatoms. The number of rotatable bonds is 10. The average molecular weight is 484 g/mol. The number of benzene rings is 2. The summed E-state index contributed by atoms with van der Waals surface area (Å²) in [6.45, 7) is 1.99. The minimum absolute atomic E-state index is 0.131. The molecule has 1 N–H and O–H groups in total. The smallest absolute Gasteiger partial charge is 0.306 e. The molecule has 0 radical (unpaired) electrons. The molecule has 146 valence electrons. The number of hydrogen-bond donors (Lipinski definition) is 1. The van der Waals surface area contributed by atoms with E-state index in [1.807, 2.05) is 48.5 Å². The van der Waals surface area contributed by atoms with E-state index in [1.54, 1.807) is 14.0 Å². The third kappa shape index (κ3) is 6.70. The Kier molecular flexibility index (Phi) is 8.87. The lowest BCUT2D eigenvalue weighted by atomic mass is 9.90. The van der Waals surface area contributed by atoms with Gasteiger partial charge in [0.2, 0.25) is 0 Å². The van der Waals surface area contributed by atoms with Crippen LogP contribution in [0.25, 0.3) is 0 Å². The summed E-state index contributed by atoms with van der Waals surface area (Å²) in [6, 6.07) is 15.2. The highest BCUT2D eigenvalue weighted by Crippen LogP contribution is 2.30. The number of aliphatic hydroxyl groups excluding tert-OH is 1. The first-order chi connectivity index (χ1) is 13.1. The number of hydrogen-bond acceptors (Lipinski definition) is 5. The molecule has 0 aliphatic heterocycles. The van der Waals surface area contributed by atoms with Gasteiger partial charge in [0.15, 0.2) is 0 Å². The van der Waals surface area contributed by atoms with Crippen LogP contribution in [0.2, 0.25) is 0 Å².